The number of hydrogen-bond donors (Lipinski definition) is 1. The lowest BCUT2D eigenvalue weighted by Gasteiger charge is -2.53. The maximum atomic E-state index is 12.0. The first-order chi connectivity index (χ1) is 11.2. The molecule has 1 N–H and O–H groups in total. The molecule has 2 fully saturated rings. The van der Waals surface area contributed by atoms with Crippen LogP contribution in [0.2, 0.25) is 18.1 Å². The molecule has 1 heterocycles. The average Bonchev–Trinajstić information content (AvgIpc) is 2.75. The first kappa shape index (κ1) is 20.8. The Labute approximate surface area is 152 Å². The van der Waals surface area contributed by atoms with Crippen LogP contribution in [0.25, 0.3) is 0 Å². The molecule has 1 aliphatic carbocycles. The smallest absolute Gasteiger partial charge is 0.306 e. The van der Waals surface area contributed by atoms with Crippen molar-refractivity contribution in [3.05, 3.63) is 0 Å². The van der Waals surface area contributed by atoms with E-state index in [9.17, 15) is 9.90 Å². The zero-order valence-electron chi connectivity index (χ0n) is 16.8. The number of ether oxygens (including phenoxy) is 3. The van der Waals surface area contributed by atoms with Gasteiger partial charge < -0.3 is 23.7 Å². The van der Waals surface area contributed by atoms with E-state index in [0.29, 0.717) is 6.61 Å². The highest BCUT2D eigenvalue weighted by molar-refractivity contribution is 6.74. The molecule has 0 amide bonds. The van der Waals surface area contributed by atoms with Crippen LogP contribution in [0, 0.1) is 5.92 Å². The van der Waals surface area contributed by atoms with Gasteiger partial charge in [0.05, 0.1) is 25.7 Å². The summed E-state index contributed by atoms with van der Waals surface area (Å²) in [6.07, 6.45) is -0.689. The van der Waals surface area contributed by atoms with Gasteiger partial charge in [0.15, 0.2) is 14.1 Å². The molecule has 2 rings (SSSR count). The van der Waals surface area contributed by atoms with Gasteiger partial charge in [-0.2, -0.15) is 0 Å². The summed E-state index contributed by atoms with van der Waals surface area (Å²) in [7, 11) is -2.03. The van der Waals surface area contributed by atoms with Crippen LogP contribution in [0.15, 0.2) is 0 Å². The molecule has 1 aliphatic heterocycles. The molecule has 0 aromatic rings. The molecule has 0 spiro atoms. The van der Waals surface area contributed by atoms with Crippen molar-refractivity contribution >= 4 is 14.3 Å². The Kier molecular flexibility index (Phi) is 5.50. The fraction of sp³-hybridized carbons (Fsp3) is 0.944. The van der Waals surface area contributed by atoms with Crippen LogP contribution in [0.1, 0.15) is 48.0 Å². The molecule has 1 saturated heterocycles. The molecule has 4 unspecified atom stereocenters. The standard InChI is InChI=1S/C18H34O6Si/c1-9-21-13(19)10-12-14-15(24-17(5,6)23-14)18(12,20)11-22-25(7,8)16(2,3)4/h12,14-15,20H,9-11H2,1-8H3. The average molecular weight is 375 g/mol. The van der Waals surface area contributed by atoms with Crippen LogP contribution < -0.4 is 0 Å². The van der Waals surface area contributed by atoms with E-state index in [-0.39, 0.29) is 36.1 Å². The third kappa shape index (κ3) is 3.95. The normalized spacial score (nSPS) is 34.4. The number of esters is 1. The van der Waals surface area contributed by atoms with Crippen LogP contribution in [0.3, 0.4) is 0 Å². The van der Waals surface area contributed by atoms with Gasteiger partial charge in [0.2, 0.25) is 0 Å². The minimum absolute atomic E-state index is 0.0372. The van der Waals surface area contributed by atoms with E-state index in [2.05, 4.69) is 33.9 Å². The first-order valence-corrected chi connectivity index (χ1v) is 12.0. The molecule has 0 aromatic carbocycles. The van der Waals surface area contributed by atoms with E-state index in [1.54, 1.807) is 6.92 Å². The molecular formula is C18H34O6Si. The molecule has 2 aliphatic rings. The van der Waals surface area contributed by atoms with E-state index in [0.717, 1.165) is 0 Å². The van der Waals surface area contributed by atoms with Gasteiger partial charge >= 0.3 is 5.97 Å². The van der Waals surface area contributed by atoms with Gasteiger partial charge in [-0.15, -0.1) is 0 Å². The Morgan fingerprint density at radius 2 is 1.84 bits per heavy atom. The maximum Gasteiger partial charge on any atom is 0.306 e. The van der Waals surface area contributed by atoms with Gasteiger partial charge in [-0.3, -0.25) is 4.79 Å². The largest absolute Gasteiger partial charge is 0.466 e. The second-order valence-corrected chi connectivity index (χ2v) is 14.0. The predicted octanol–water partition coefficient (Wildman–Crippen LogP) is 2.84. The summed E-state index contributed by atoms with van der Waals surface area (Å²) in [5.74, 6) is -1.49. The molecule has 0 radical (unpaired) electrons. The Hall–Kier alpha value is -0.473. The van der Waals surface area contributed by atoms with E-state index in [4.69, 9.17) is 18.6 Å². The molecule has 0 aromatic heterocycles. The maximum absolute atomic E-state index is 12.0. The van der Waals surface area contributed by atoms with Gasteiger partial charge in [0.25, 0.3) is 0 Å². The fourth-order valence-electron chi connectivity index (χ4n) is 3.24. The number of rotatable bonds is 6. The lowest BCUT2D eigenvalue weighted by atomic mass is 9.63. The SMILES string of the molecule is CCOC(=O)CC1C2OC(C)(C)OC2C1(O)CO[Si](C)(C)C(C)(C)C. The Balaban J connectivity index is 2.15. The topological polar surface area (TPSA) is 74.2 Å². The minimum Gasteiger partial charge on any atom is -0.466 e. The Morgan fingerprint density at radius 1 is 1.24 bits per heavy atom. The molecule has 4 atom stereocenters. The van der Waals surface area contributed by atoms with Crippen LogP contribution in [0.5, 0.6) is 0 Å². The quantitative estimate of drug-likeness (QED) is 0.569. The summed E-state index contributed by atoms with van der Waals surface area (Å²) in [4.78, 5) is 12.0. The summed E-state index contributed by atoms with van der Waals surface area (Å²) in [5.41, 5.74) is -1.24. The minimum atomic E-state index is -2.03. The third-order valence-corrected chi connectivity index (χ3v) is 10.3. The van der Waals surface area contributed by atoms with E-state index < -0.39 is 25.8 Å². The zero-order valence-corrected chi connectivity index (χ0v) is 17.8. The molecule has 6 nitrogen and oxygen atoms in total. The van der Waals surface area contributed by atoms with Crippen LogP contribution in [-0.4, -0.2) is 56.2 Å². The first-order valence-electron chi connectivity index (χ1n) is 9.11. The number of aliphatic hydroxyl groups is 1. The van der Waals surface area contributed by atoms with Gasteiger partial charge in [-0.25, -0.2) is 0 Å². The molecule has 7 heteroatoms. The number of carbonyl (C=O) groups excluding carboxylic acids is 1. The van der Waals surface area contributed by atoms with Crippen LogP contribution >= 0.6 is 0 Å². The molecule has 1 saturated carbocycles. The van der Waals surface area contributed by atoms with E-state index in [1.807, 2.05) is 13.8 Å². The zero-order chi connectivity index (χ0) is 19.3. The van der Waals surface area contributed by atoms with Gasteiger partial charge in [0.1, 0.15) is 11.7 Å². The van der Waals surface area contributed by atoms with E-state index >= 15 is 0 Å². The predicted molar refractivity (Wildman–Crippen MR) is 96.7 cm³/mol. The molecule has 146 valence electrons. The number of hydrogen-bond acceptors (Lipinski definition) is 6. The van der Waals surface area contributed by atoms with Gasteiger partial charge in [-0.05, 0) is 38.9 Å². The van der Waals surface area contributed by atoms with Gasteiger partial charge in [0, 0.05) is 5.92 Å². The van der Waals surface area contributed by atoms with Crippen molar-refractivity contribution in [1.82, 2.24) is 0 Å². The highest BCUT2D eigenvalue weighted by Crippen LogP contribution is 2.53. The second-order valence-electron chi connectivity index (χ2n) is 9.18. The number of fused-ring (bicyclic) bond motifs is 1. The van der Waals surface area contributed by atoms with Crippen LogP contribution in [-0.2, 0) is 23.4 Å². The second kappa shape index (κ2) is 6.60. The van der Waals surface area contributed by atoms with Crippen molar-refractivity contribution in [2.45, 2.75) is 89.7 Å². The molecule has 25 heavy (non-hydrogen) atoms. The fourth-order valence-corrected chi connectivity index (χ4v) is 4.27. The summed E-state index contributed by atoms with van der Waals surface area (Å²) in [6.45, 7) is 16.6. The summed E-state index contributed by atoms with van der Waals surface area (Å²) in [5, 5.41) is 11.3. The number of carbonyl (C=O) groups is 1. The Bertz CT molecular complexity index is 512. The molecular weight excluding hydrogens is 340 g/mol. The highest BCUT2D eigenvalue weighted by atomic mass is 28.4. The Morgan fingerprint density at radius 3 is 2.36 bits per heavy atom. The van der Waals surface area contributed by atoms with Crippen molar-refractivity contribution in [2.75, 3.05) is 13.2 Å². The molecule has 0 bridgehead atoms. The van der Waals surface area contributed by atoms with Crippen molar-refractivity contribution in [2.24, 2.45) is 5.92 Å². The van der Waals surface area contributed by atoms with Crippen molar-refractivity contribution < 1.29 is 28.5 Å². The van der Waals surface area contributed by atoms with Crippen molar-refractivity contribution in [3.63, 3.8) is 0 Å². The van der Waals surface area contributed by atoms with Gasteiger partial charge in [-0.1, -0.05) is 20.8 Å². The highest BCUT2D eigenvalue weighted by Gasteiger charge is 2.69. The van der Waals surface area contributed by atoms with Crippen molar-refractivity contribution in [1.29, 1.82) is 0 Å². The van der Waals surface area contributed by atoms with Crippen molar-refractivity contribution in [3.8, 4) is 0 Å². The lowest BCUT2D eigenvalue weighted by molar-refractivity contribution is -0.233. The van der Waals surface area contributed by atoms with Crippen LogP contribution in [0.4, 0.5) is 0 Å². The summed E-state index contributed by atoms with van der Waals surface area (Å²) < 4.78 is 23.1. The summed E-state index contributed by atoms with van der Waals surface area (Å²) in [6, 6.07) is 0. The van der Waals surface area contributed by atoms with E-state index in [1.165, 1.54) is 0 Å². The third-order valence-electron chi connectivity index (χ3n) is 5.82. The summed E-state index contributed by atoms with van der Waals surface area (Å²) >= 11 is 0. The lowest BCUT2D eigenvalue weighted by Crippen LogP contribution is -2.71. The monoisotopic (exact) mass is 374 g/mol.